The highest BCUT2D eigenvalue weighted by molar-refractivity contribution is 7.74. The van der Waals surface area contributed by atoms with Crippen LogP contribution in [0.1, 0.15) is 0 Å². The molecule has 40 heavy (non-hydrogen) atoms. The van der Waals surface area contributed by atoms with Crippen molar-refractivity contribution in [2.24, 2.45) is 0 Å². The number of benzene rings is 6. The minimum atomic E-state index is -0.799. The fraction of sp³-hybridized carbons (Fsp3) is 0. The van der Waals surface area contributed by atoms with Gasteiger partial charge in [0.1, 0.15) is 0 Å². The van der Waals surface area contributed by atoms with Crippen molar-refractivity contribution in [1.29, 1.82) is 0 Å². The predicted molar refractivity (Wildman–Crippen MR) is 177 cm³/mol. The van der Waals surface area contributed by atoms with E-state index >= 15 is 0 Å². The second kappa shape index (κ2) is 12.8. The molecule has 6 aromatic rings. The highest BCUT2D eigenvalue weighted by Crippen LogP contribution is 2.43. The summed E-state index contributed by atoms with van der Waals surface area (Å²) in [5.41, 5.74) is 4.61. The van der Waals surface area contributed by atoms with Crippen LogP contribution < -0.4 is 31.4 Å². The van der Waals surface area contributed by atoms with Crippen LogP contribution >= 0.6 is 16.1 Å². The smallest absolute Gasteiger partial charge is 0.0522 e. The zero-order valence-corrected chi connectivity index (χ0v) is 23.8. The minimum absolute atomic E-state index is 0.799. The van der Waals surface area contributed by atoms with Gasteiger partial charge in [-0.15, -0.1) is 0 Å². The lowest BCUT2D eigenvalue weighted by atomic mass is 10.0. The molecular formula is C36H30N2P2. The Morgan fingerprint density at radius 2 is 0.525 bits per heavy atom. The van der Waals surface area contributed by atoms with E-state index in [9.17, 15) is 0 Å². The van der Waals surface area contributed by atoms with Crippen molar-refractivity contribution < 1.29 is 0 Å². The first kappa shape index (κ1) is 26.0. The summed E-state index contributed by atoms with van der Waals surface area (Å²) < 4.78 is 0. The Morgan fingerprint density at radius 1 is 0.275 bits per heavy atom. The molecule has 0 unspecified atom stereocenters. The molecule has 0 aliphatic rings. The van der Waals surface area contributed by atoms with Gasteiger partial charge >= 0.3 is 0 Å². The number of hydrogen-bond donors (Lipinski definition) is 2. The third-order valence-electron chi connectivity index (χ3n) is 6.67. The van der Waals surface area contributed by atoms with Gasteiger partial charge in [0.25, 0.3) is 0 Å². The molecule has 0 aromatic heterocycles. The third-order valence-corrected chi connectivity index (χ3v) is 10.9. The molecule has 6 rings (SSSR count). The van der Waals surface area contributed by atoms with Gasteiger partial charge in [0.15, 0.2) is 0 Å². The molecule has 0 aliphatic carbocycles. The van der Waals surface area contributed by atoms with E-state index in [1.165, 1.54) is 32.3 Å². The van der Waals surface area contributed by atoms with Gasteiger partial charge in [-0.25, -0.2) is 0 Å². The first-order valence-electron chi connectivity index (χ1n) is 13.4. The van der Waals surface area contributed by atoms with E-state index in [1.807, 2.05) is 0 Å². The molecule has 2 N–H and O–H groups in total. The summed E-state index contributed by atoms with van der Waals surface area (Å²) in [5, 5.41) is 13.1. The Kier molecular flexibility index (Phi) is 8.30. The van der Waals surface area contributed by atoms with E-state index in [0.717, 1.165) is 11.4 Å². The number of anilines is 2. The first-order chi connectivity index (χ1) is 19.9. The molecule has 0 atom stereocenters. The summed E-state index contributed by atoms with van der Waals surface area (Å²) in [5.74, 6) is 0. The average Bonchev–Trinajstić information content (AvgIpc) is 3.04. The maximum Gasteiger partial charge on any atom is 0.0522 e. The highest BCUT2D eigenvalue weighted by Gasteiger charge is 2.19. The van der Waals surface area contributed by atoms with Crippen LogP contribution in [-0.4, -0.2) is 0 Å². The summed E-state index contributed by atoms with van der Waals surface area (Å²) in [6.07, 6.45) is 0. The normalized spacial score (nSPS) is 10.9. The van der Waals surface area contributed by atoms with Gasteiger partial charge in [-0.3, -0.25) is 0 Å². The van der Waals surface area contributed by atoms with Crippen LogP contribution in [0.15, 0.2) is 170 Å². The van der Waals surface area contributed by atoms with Crippen molar-refractivity contribution in [3.05, 3.63) is 170 Å². The van der Waals surface area contributed by atoms with Crippen molar-refractivity contribution in [3.63, 3.8) is 0 Å². The van der Waals surface area contributed by atoms with E-state index in [4.69, 9.17) is 0 Å². The van der Waals surface area contributed by atoms with E-state index in [1.54, 1.807) is 0 Å². The largest absolute Gasteiger partial charge is 0.356 e. The summed E-state index contributed by atoms with van der Waals surface area (Å²) >= 11 is 0. The molecule has 0 saturated carbocycles. The molecule has 2 nitrogen and oxygen atoms in total. The zero-order valence-electron chi connectivity index (χ0n) is 22.1. The molecule has 0 radical (unpaired) electrons. The topological polar surface area (TPSA) is 24.1 Å². The molecule has 0 saturated heterocycles. The molecule has 194 valence electrons. The molecule has 6 aromatic carbocycles. The SMILES string of the molecule is c1ccc(P(Nc2ccccc2-c2ccccc2NP(c2ccccc2)c2ccccc2)c2ccccc2)cc1. The Balaban J connectivity index is 1.40. The van der Waals surface area contributed by atoms with Crippen LogP contribution in [0, 0.1) is 0 Å². The molecule has 0 fully saturated rings. The van der Waals surface area contributed by atoms with Crippen LogP contribution in [0.25, 0.3) is 11.1 Å². The maximum atomic E-state index is 3.96. The predicted octanol–water partition coefficient (Wildman–Crippen LogP) is 8.27. The molecule has 0 heterocycles. The Bertz CT molecular complexity index is 1440. The zero-order chi connectivity index (χ0) is 27.0. The average molecular weight is 553 g/mol. The van der Waals surface area contributed by atoms with E-state index in [0.29, 0.717) is 0 Å². The quantitative estimate of drug-likeness (QED) is 0.176. The second-order valence-corrected chi connectivity index (χ2v) is 13.2. The first-order valence-corrected chi connectivity index (χ1v) is 16.1. The number of nitrogens with one attached hydrogen (secondary N) is 2. The van der Waals surface area contributed by atoms with Crippen molar-refractivity contribution in [2.75, 3.05) is 10.2 Å². The molecule has 0 spiro atoms. The Morgan fingerprint density at radius 3 is 0.825 bits per heavy atom. The van der Waals surface area contributed by atoms with Gasteiger partial charge in [-0.1, -0.05) is 158 Å². The van der Waals surface area contributed by atoms with Gasteiger partial charge in [0, 0.05) is 43.7 Å². The van der Waals surface area contributed by atoms with Gasteiger partial charge in [-0.2, -0.15) is 0 Å². The molecule has 0 amide bonds. The third kappa shape index (κ3) is 6.00. The van der Waals surface area contributed by atoms with Gasteiger partial charge in [0.2, 0.25) is 0 Å². The lowest BCUT2D eigenvalue weighted by molar-refractivity contribution is 1.59. The van der Waals surface area contributed by atoms with Gasteiger partial charge < -0.3 is 10.2 Å². The molecular weight excluding hydrogens is 522 g/mol. The lowest BCUT2D eigenvalue weighted by Crippen LogP contribution is -2.18. The standard InChI is InChI=1S/C36H30N2P2/c1-5-17-29(18-6-1)39(30-19-7-2-8-20-30)37-35-27-15-13-25-33(35)34-26-14-16-28-36(34)38-40(31-21-9-3-10-22-31)32-23-11-4-12-24-32/h1-28,37-38H. The highest BCUT2D eigenvalue weighted by atomic mass is 31.1. The van der Waals surface area contributed by atoms with E-state index in [-0.39, 0.29) is 0 Å². The fourth-order valence-electron chi connectivity index (χ4n) is 4.74. The van der Waals surface area contributed by atoms with Crippen molar-refractivity contribution in [2.45, 2.75) is 0 Å². The van der Waals surface area contributed by atoms with Crippen LogP contribution in [-0.2, 0) is 0 Å². The Labute approximate surface area is 239 Å². The van der Waals surface area contributed by atoms with Crippen molar-refractivity contribution in [3.8, 4) is 11.1 Å². The van der Waals surface area contributed by atoms with Crippen molar-refractivity contribution >= 4 is 48.7 Å². The molecule has 0 bridgehead atoms. The van der Waals surface area contributed by atoms with Gasteiger partial charge in [-0.05, 0) is 12.1 Å². The monoisotopic (exact) mass is 552 g/mol. The summed E-state index contributed by atoms with van der Waals surface area (Å²) in [7, 11) is -1.60. The van der Waals surface area contributed by atoms with Crippen LogP contribution in [0.3, 0.4) is 0 Å². The second-order valence-electron chi connectivity index (χ2n) is 9.33. The Hall–Kier alpha value is -4.22. The van der Waals surface area contributed by atoms with Gasteiger partial charge in [0.05, 0.1) is 16.1 Å². The van der Waals surface area contributed by atoms with E-state index < -0.39 is 16.1 Å². The summed E-state index contributed by atoms with van der Waals surface area (Å²) in [6.45, 7) is 0. The summed E-state index contributed by atoms with van der Waals surface area (Å²) in [4.78, 5) is 0. The summed E-state index contributed by atoms with van der Waals surface area (Å²) in [6, 6.07) is 60.4. The molecule has 4 heteroatoms. The minimum Gasteiger partial charge on any atom is -0.356 e. The van der Waals surface area contributed by atoms with Crippen molar-refractivity contribution in [1.82, 2.24) is 0 Å². The number of rotatable bonds is 9. The van der Waals surface area contributed by atoms with Crippen LogP contribution in [0.5, 0.6) is 0 Å². The number of hydrogen-bond acceptors (Lipinski definition) is 2. The number of para-hydroxylation sites is 2. The van der Waals surface area contributed by atoms with Crippen LogP contribution in [0.4, 0.5) is 11.4 Å². The molecule has 0 aliphatic heterocycles. The maximum absolute atomic E-state index is 3.96. The van der Waals surface area contributed by atoms with Crippen LogP contribution in [0.2, 0.25) is 0 Å². The van der Waals surface area contributed by atoms with E-state index in [2.05, 4.69) is 180 Å². The fourth-order valence-corrected chi connectivity index (χ4v) is 8.60. The lowest BCUT2D eigenvalue weighted by Gasteiger charge is -2.25.